The fourth-order valence-electron chi connectivity index (χ4n) is 5.01. The molecule has 0 bridgehead atoms. The molecule has 0 atom stereocenters. The Balaban J connectivity index is 2.15. The average molecular weight is 495 g/mol. The van der Waals surface area contributed by atoms with Gasteiger partial charge in [-0.15, -0.1) is 0 Å². The molecule has 5 heteroatoms. The smallest absolute Gasteiger partial charge is 0.207 e. The van der Waals surface area contributed by atoms with E-state index in [2.05, 4.69) is 13.8 Å². The van der Waals surface area contributed by atoms with Crippen LogP contribution in [0.25, 0.3) is 16.7 Å². The van der Waals surface area contributed by atoms with Crippen molar-refractivity contribution in [2.24, 2.45) is 0 Å². The van der Waals surface area contributed by atoms with Crippen LogP contribution in [0.4, 0.5) is 0 Å². The second-order valence-corrected chi connectivity index (χ2v) is 12.0. The zero-order valence-electron chi connectivity index (χ0n) is 21.5. The highest BCUT2D eigenvalue weighted by Gasteiger charge is 2.36. The largest absolute Gasteiger partial charge is 0.218 e. The standard InChI is InChI=1S/C31H30N2O2S/c1-18(2)21-14-26(19(3)4)31(27(15-21)20(5)6)36(34,35)28-13-9-12-25-23-10-7-8-11-24(23)29(30(25)28)22(16-32)17-33/h7-15,18-20H,1-6H3. The average Bonchev–Trinajstić information content (AvgIpc) is 3.18. The van der Waals surface area contributed by atoms with Gasteiger partial charge in [-0.2, -0.15) is 10.5 Å². The van der Waals surface area contributed by atoms with Crippen LogP contribution in [0.15, 0.2) is 70.0 Å². The lowest BCUT2D eigenvalue weighted by Crippen LogP contribution is -2.14. The zero-order valence-corrected chi connectivity index (χ0v) is 22.4. The van der Waals surface area contributed by atoms with E-state index in [9.17, 15) is 18.9 Å². The molecule has 3 aromatic rings. The van der Waals surface area contributed by atoms with Gasteiger partial charge in [-0.3, -0.25) is 0 Å². The molecule has 1 aliphatic rings. The third kappa shape index (κ3) is 3.94. The lowest BCUT2D eigenvalue weighted by molar-refractivity contribution is 0.590. The van der Waals surface area contributed by atoms with E-state index >= 15 is 0 Å². The Labute approximate surface area is 214 Å². The Hall–Kier alpha value is -3.67. The van der Waals surface area contributed by atoms with Crippen LogP contribution >= 0.6 is 0 Å². The topological polar surface area (TPSA) is 81.7 Å². The van der Waals surface area contributed by atoms with Crippen molar-refractivity contribution < 1.29 is 8.42 Å². The molecule has 3 aromatic carbocycles. The summed E-state index contributed by atoms with van der Waals surface area (Å²) in [6.07, 6.45) is 0. The first-order chi connectivity index (χ1) is 17.0. The molecule has 0 heterocycles. The summed E-state index contributed by atoms with van der Waals surface area (Å²) >= 11 is 0. The molecule has 0 unspecified atom stereocenters. The van der Waals surface area contributed by atoms with E-state index in [0.29, 0.717) is 21.6 Å². The van der Waals surface area contributed by atoms with Gasteiger partial charge in [0.25, 0.3) is 0 Å². The Kier molecular flexibility index (Phi) is 6.65. The predicted octanol–water partition coefficient (Wildman–Crippen LogP) is 7.72. The summed E-state index contributed by atoms with van der Waals surface area (Å²) in [7, 11) is -4.01. The van der Waals surface area contributed by atoms with Crippen molar-refractivity contribution in [1.29, 1.82) is 10.5 Å². The van der Waals surface area contributed by atoms with E-state index in [4.69, 9.17) is 0 Å². The molecule has 0 aliphatic heterocycles. The summed E-state index contributed by atoms with van der Waals surface area (Å²) in [5.74, 6) is 0.239. The summed E-state index contributed by atoms with van der Waals surface area (Å²) in [4.78, 5) is 0.478. The molecule has 0 aromatic heterocycles. The van der Waals surface area contributed by atoms with Gasteiger partial charge in [0, 0.05) is 11.1 Å². The van der Waals surface area contributed by atoms with E-state index in [0.717, 1.165) is 27.8 Å². The Bertz CT molecular complexity index is 1550. The molecule has 0 radical (unpaired) electrons. The number of nitriles is 2. The molecule has 0 N–H and O–H groups in total. The Morgan fingerprint density at radius 1 is 0.722 bits per heavy atom. The summed E-state index contributed by atoms with van der Waals surface area (Å²) in [6, 6.07) is 20.7. The van der Waals surface area contributed by atoms with Crippen molar-refractivity contribution >= 4 is 15.4 Å². The molecular formula is C31H30N2O2S. The van der Waals surface area contributed by atoms with Crippen molar-refractivity contribution in [1.82, 2.24) is 0 Å². The van der Waals surface area contributed by atoms with Crippen LogP contribution in [-0.4, -0.2) is 8.42 Å². The molecule has 1 aliphatic carbocycles. The van der Waals surface area contributed by atoms with Crippen LogP contribution in [0.1, 0.15) is 87.1 Å². The maximum atomic E-state index is 14.6. The first kappa shape index (κ1) is 25.4. The minimum Gasteiger partial charge on any atom is -0.218 e. The van der Waals surface area contributed by atoms with Crippen LogP contribution in [-0.2, 0) is 9.84 Å². The van der Waals surface area contributed by atoms with Crippen molar-refractivity contribution in [3.8, 4) is 23.3 Å². The molecule has 0 saturated heterocycles. The van der Waals surface area contributed by atoms with Crippen molar-refractivity contribution in [3.63, 3.8) is 0 Å². The molecule has 4 nitrogen and oxygen atoms in total. The molecule has 0 spiro atoms. The molecule has 0 amide bonds. The molecular weight excluding hydrogens is 464 g/mol. The lowest BCUT2D eigenvalue weighted by Gasteiger charge is -2.23. The minimum atomic E-state index is -4.01. The fraction of sp³-hybridized carbons (Fsp3) is 0.290. The lowest BCUT2D eigenvalue weighted by atomic mass is 9.89. The molecule has 36 heavy (non-hydrogen) atoms. The predicted molar refractivity (Wildman–Crippen MR) is 143 cm³/mol. The fourth-order valence-corrected chi connectivity index (χ4v) is 7.18. The van der Waals surface area contributed by atoms with E-state index in [1.54, 1.807) is 12.1 Å². The molecule has 0 fully saturated rings. The van der Waals surface area contributed by atoms with Crippen molar-refractivity contribution in [2.45, 2.75) is 69.1 Å². The van der Waals surface area contributed by atoms with Gasteiger partial charge in [0.05, 0.1) is 9.79 Å². The van der Waals surface area contributed by atoms with Gasteiger partial charge in [-0.05, 0) is 57.2 Å². The third-order valence-corrected chi connectivity index (χ3v) is 8.80. The van der Waals surface area contributed by atoms with Crippen molar-refractivity contribution in [2.75, 3.05) is 0 Å². The number of rotatable bonds is 5. The van der Waals surface area contributed by atoms with Gasteiger partial charge in [0.1, 0.15) is 17.7 Å². The van der Waals surface area contributed by atoms with E-state index in [-0.39, 0.29) is 28.2 Å². The second kappa shape index (κ2) is 9.41. The maximum Gasteiger partial charge on any atom is 0.207 e. The van der Waals surface area contributed by atoms with Crippen LogP contribution in [0.5, 0.6) is 0 Å². The van der Waals surface area contributed by atoms with Gasteiger partial charge in [0.15, 0.2) is 0 Å². The SMILES string of the molecule is CC(C)c1cc(C(C)C)c(S(=O)(=O)c2cccc3c2C(=C(C#N)C#N)c2ccccc2-3)c(C(C)C)c1. The Morgan fingerprint density at radius 3 is 1.75 bits per heavy atom. The summed E-state index contributed by atoms with van der Waals surface area (Å²) in [5, 5.41) is 19.6. The number of hydrogen-bond donors (Lipinski definition) is 0. The number of allylic oxidation sites excluding steroid dienone is 1. The van der Waals surface area contributed by atoms with Gasteiger partial charge < -0.3 is 0 Å². The first-order valence-electron chi connectivity index (χ1n) is 12.2. The van der Waals surface area contributed by atoms with E-state index < -0.39 is 9.84 Å². The van der Waals surface area contributed by atoms with Crippen LogP contribution in [0.2, 0.25) is 0 Å². The molecule has 4 rings (SSSR count). The highest BCUT2D eigenvalue weighted by atomic mass is 32.2. The van der Waals surface area contributed by atoms with Gasteiger partial charge in [0.2, 0.25) is 9.84 Å². The third-order valence-electron chi connectivity index (χ3n) is 6.87. The monoisotopic (exact) mass is 494 g/mol. The second-order valence-electron chi connectivity index (χ2n) is 10.2. The number of nitrogens with zero attached hydrogens (tertiary/aromatic N) is 2. The normalized spacial score (nSPS) is 12.5. The molecule has 0 saturated carbocycles. The van der Waals surface area contributed by atoms with E-state index in [1.165, 1.54) is 0 Å². The quantitative estimate of drug-likeness (QED) is 0.266. The van der Waals surface area contributed by atoms with Gasteiger partial charge in [-0.1, -0.05) is 90.1 Å². The number of sulfone groups is 1. The first-order valence-corrected chi connectivity index (χ1v) is 13.7. The van der Waals surface area contributed by atoms with E-state index in [1.807, 2.05) is 82.3 Å². The Morgan fingerprint density at radius 2 is 1.25 bits per heavy atom. The van der Waals surface area contributed by atoms with Gasteiger partial charge in [-0.25, -0.2) is 8.42 Å². The van der Waals surface area contributed by atoms with Crippen LogP contribution < -0.4 is 0 Å². The van der Waals surface area contributed by atoms with Crippen LogP contribution in [0.3, 0.4) is 0 Å². The number of fused-ring (bicyclic) bond motifs is 3. The minimum absolute atomic E-state index is 0.0104. The zero-order chi connectivity index (χ0) is 26.4. The summed E-state index contributed by atoms with van der Waals surface area (Å²) < 4.78 is 29.3. The van der Waals surface area contributed by atoms with Gasteiger partial charge >= 0.3 is 0 Å². The summed E-state index contributed by atoms with van der Waals surface area (Å²) in [5.41, 5.74) is 5.70. The van der Waals surface area contributed by atoms with Crippen molar-refractivity contribution in [3.05, 3.63) is 88.0 Å². The maximum absolute atomic E-state index is 14.6. The number of hydrogen-bond acceptors (Lipinski definition) is 4. The number of benzene rings is 3. The highest BCUT2D eigenvalue weighted by molar-refractivity contribution is 7.91. The highest BCUT2D eigenvalue weighted by Crippen LogP contribution is 2.50. The van der Waals surface area contributed by atoms with Crippen LogP contribution in [0, 0.1) is 22.7 Å². The summed E-state index contributed by atoms with van der Waals surface area (Å²) in [6.45, 7) is 12.3. The molecule has 182 valence electrons.